The van der Waals surface area contributed by atoms with Gasteiger partial charge in [0.1, 0.15) is 12.0 Å². The van der Waals surface area contributed by atoms with Crippen LogP contribution in [-0.2, 0) is 19.1 Å². The van der Waals surface area contributed by atoms with Crippen molar-refractivity contribution in [3.63, 3.8) is 0 Å². The predicted molar refractivity (Wildman–Crippen MR) is 39.7 cm³/mol. The fraction of sp³-hybridized carbons (Fsp3) is 0.625. The maximum absolute atomic E-state index is 12.3. The van der Waals surface area contributed by atoms with Gasteiger partial charge in [-0.2, -0.15) is 0 Å². The lowest BCUT2D eigenvalue weighted by Crippen LogP contribution is -2.20. The molecule has 5 heteroatoms. The topological polar surface area (TPSA) is 60.4 Å². The van der Waals surface area contributed by atoms with E-state index in [4.69, 9.17) is 0 Å². The molecule has 0 spiro atoms. The zero-order chi connectivity index (χ0) is 10.0. The lowest BCUT2D eigenvalue weighted by Gasteiger charge is -1.96. The molecule has 0 heterocycles. The van der Waals surface area contributed by atoms with Gasteiger partial charge in [0.05, 0.1) is 19.4 Å². The van der Waals surface area contributed by atoms with E-state index < -0.39 is 36.0 Å². The Bertz CT molecular complexity index is 261. The minimum atomic E-state index is -1.13. The van der Waals surface area contributed by atoms with E-state index in [1.54, 1.807) is 0 Å². The molecule has 0 aromatic carbocycles. The molecule has 0 aromatic heterocycles. The Kier molecular flexibility index (Phi) is 2.75. The molecule has 0 saturated heterocycles. The summed E-state index contributed by atoms with van der Waals surface area (Å²) in [6.45, 7) is 0. The number of ketones is 2. The number of carbonyl (C=O) groups is 3. The number of ether oxygens (including phenoxy) is 1. The molecule has 0 bridgehead atoms. The summed E-state index contributed by atoms with van der Waals surface area (Å²) < 4.78 is 16.4. The summed E-state index contributed by atoms with van der Waals surface area (Å²) in [4.78, 5) is 32.3. The molecule has 1 aliphatic carbocycles. The number of carbonyl (C=O) groups excluding carboxylic acids is 3. The first-order chi connectivity index (χ1) is 6.06. The minimum absolute atomic E-state index is 0.174. The molecule has 1 fully saturated rings. The van der Waals surface area contributed by atoms with E-state index in [1.165, 1.54) is 0 Å². The van der Waals surface area contributed by atoms with E-state index in [9.17, 15) is 18.8 Å². The van der Waals surface area contributed by atoms with Crippen molar-refractivity contribution in [3.8, 4) is 0 Å². The average Bonchev–Trinajstić information content (AvgIpc) is 2.81. The lowest BCUT2D eigenvalue weighted by atomic mass is 10.1. The van der Waals surface area contributed by atoms with Gasteiger partial charge in [0.15, 0.2) is 0 Å². The summed E-state index contributed by atoms with van der Waals surface area (Å²) in [5, 5.41) is 0. The van der Waals surface area contributed by atoms with Crippen molar-refractivity contribution in [1.82, 2.24) is 0 Å². The van der Waals surface area contributed by atoms with Gasteiger partial charge in [0.2, 0.25) is 5.78 Å². The first-order valence-corrected chi connectivity index (χ1v) is 3.84. The number of esters is 1. The predicted octanol–water partition coefficient (Wildman–Crippen LogP) is 0.0457. The van der Waals surface area contributed by atoms with Gasteiger partial charge in [0, 0.05) is 0 Å². The van der Waals surface area contributed by atoms with Crippen molar-refractivity contribution >= 4 is 17.5 Å². The summed E-state index contributed by atoms with van der Waals surface area (Å²) in [7, 11) is 1.06. The molecule has 4 nitrogen and oxygen atoms in total. The van der Waals surface area contributed by atoms with Gasteiger partial charge in [-0.15, -0.1) is 0 Å². The summed E-state index contributed by atoms with van der Waals surface area (Å²) in [5.41, 5.74) is 0. The van der Waals surface area contributed by atoms with Gasteiger partial charge in [-0.3, -0.25) is 9.59 Å². The van der Waals surface area contributed by atoms with Crippen LogP contribution in [0, 0.1) is 5.92 Å². The third kappa shape index (κ3) is 2.34. The molecule has 0 aromatic rings. The smallest absolute Gasteiger partial charge is 0.374 e. The third-order valence-corrected chi connectivity index (χ3v) is 1.87. The number of halogens is 1. The van der Waals surface area contributed by atoms with Crippen LogP contribution >= 0.6 is 0 Å². The highest BCUT2D eigenvalue weighted by Gasteiger charge is 2.44. The Morgan fingerprint density at radius 2 is 2.00 bits per heavy atom. The molecular formula is C8H9FO4. The van der Waals surface area contributed by atoms with Crippen LogP contribution in [0.25, 0.3) is 0 Å². The molecule has 1 saturated carbocycles. The number of Topliss-reactive ketones (excluding diaryl/α,β-unsaturated/α-hetero) is 2. The number of hydrogen-bond acceptors (Lipinski definition) is 4. The Labute approximate surface area is 74.1 Å². The van der Waals surface area contributed by atoms with Crippen LogP contribution in [-0.4, -0.2) is 30.8 Å². The number of methoxy groups -OCH3 is 1. The fourth-order valence-electron chi connectivity index (χ4n) is 0.973. The Hall–Kier alpha value is -1.26. The fourth-order valence-corrected chi connectivity index (χ4v) is 0.973. The van der Waals surface area contributed by atoms with E-state index in [1.807, 2.05) is 0 Å². The zero-order valence-corrected chi connectivity index (χ0v) is 7.08. The normalized spacial score (nSPS) is 25.1. The quantitative estimate of drug-likeness (QED) is 0.355. The molecule has 0 unspecified atom stereocenters. The van der Waals surface area contributed by atoms with Crippen molar-refractivity contribution < 1.29 is 23.5 Å². The van der Waals surface area contributed by atoms with Crippen molar-refractivity contribution in [2.45, 2.75) is 19.0 Å². The van der Waals surface area contributed by atoms with E-state index in [0.717, 1.165) is 7.11 Å². The van der Waals surface area contributed by atoms with Crippen LogP contribution in [0.4, 0.5) is 4.39 Å². The highest BCUT2D eigenvalue weighted by Crippen LogP contribution is 2.35. The van der Waals surface area contributed by atoms with Gasteiger partial charge in [-0.05, 0) is 6.42 Å². The molecule has 1 aliphatic rings. The molecular weight excluding hydrogens is 179 g/mol. The molecule has 72 valence electrons. The van der Waals surface area contributed by atoms with Gasteiger partial charge < -0.3 is 4.74 Å². The molecule has 2 atom stereocenters. The molecule has 1 rings (SSSR count). The SMILES string of the molecule is COC(=O)C(=O)CC(=O)[C@@H]1C[C@H]1F. The molecule has 13 heavy (non-hydrogen) atoms. The zero-order valence-electron chi connectivity index (χ0n) is 7.08. The van der Waals surface area contributed by atoms with Gasteiger partial charge in [-0.25, -0.2) is 9.18 Å². The first kappa shape index (κ1) is 9.83. The van der Waals surface area contributed by atoms with Crippen molar-refractivity contribution in [3.05, 3.63) is 0 Å². The second kappa shape index (κ2) is 3.64. The van der Waals surface area contributed by atoms with Crippen molar-refractivity contribution in [2.24, 2.45) is 5.92 Å². The number of hydrogen-bond donors (Lipinski definition) is 0. The van der Waals surface area contributed by atoms with Crippen molar-refractivity contribution in [1.29, 1.82) is 0 Å². The molecule has 0 amide bonds. The van der Waals surface area contributed by atoms with Crippen LogP contribution in [0.15, 0.2) is 0 Å². The maximum atomic E-state index is 12.3. The first-order valence-electron chi connectivity index (χ1n) is 3.84. The van der Waals surface area contributed by atoms with Crippen LogP contribution < -0.4 is 0 Å². The Morgan fingerprint density at radius 1 is 1.46 bits per heavy atom. The van der Waals surface area contributed by atoms with E-state index in [-0.39, 0.29) is 6.42 Å². The minimum Gasteiger partial charge on any atom is -0.463 e. The van der Waals surface area contributed by atoms with Crippen molar-refractivity contribution in [2.75, 3.05) is 7.11 Å². The monoisotopic (exact) mass is 188 g/mol. The van der Waals surface area contributed by atoms with Gasteiger partial charge >= 0.3 is 5.97 Å². The lowest BCUT2D eigenvalue weighted by molar-refractivity contribution is -0.152. The van der Waals surface area contributed by atoms with Gasteiger partial charge in [0.25, 0.3) is 0 Å². The third-order valence-electron chi connectivity index (χ3n) is 1.87. The molecule has 0 N–H and O–H groups in total. The van der Waals surface area contributed by atoms with Crippen LogP contribution in [0.3, 0.4) is 0 Å². The van der Waals surface area contributed by atoms with Crippen LogP contribution in [0.2, 0.25) is 0 Å². The average molecular weight is 188 g/mol. The molecule has 0 aliphatic heterocycles. The van der Waals surface area contributed by atoms with Crippen LogP contribution in [0.1, 0.15) is 12.8 Å². The summed E-state index contributed by atoms with van der Waals surface area (Å²) in [6.07, 6.45) is -1.50. The Morgan fingerprint density at radius 3 is 2.38 bits per heavy atom. The largest absolute Gasteiger partial charge is 0.463 e. The molecule has 0 radical (unpaired) electrons. The van der Waals surface area contributed by atoms with E-state index >= 15 is 0 Å². The second-order valence-corrected chi connectivity index (χ2v) is 2.92. The van der Waals surface area contributed by atoms with E-state index in [2.05, 4.69) is 4.74 Å². The van der Waals surface area contributed by atoms with Crippen LogP contribution in [0.5, 0.6) is 0 Å². The summed E-state index contributed by atoms with van der Waals surface area (Å²) >= 11 is 0. The number of alkyl halides is 1. The summed E-state index contributed by atoms with van der Waals surface area (Å²) in [5.74, 6) is -3.15. The van der Waals surface area contributed by atoms with E-state index in [0.29, 0.717) is 0 Å². The highest BCUT2D eigenvalue weighted by molar-refractivity contribution is 6.37. The second-order valence-electron chi connectivity index (χ2n) is 2.92. The standard InChI is InChI=1S/C8H9FO4/c1-13-8(12)7(11)3-6(10)4-2-5(4)9/h4-5H,2-3H2,1H3/t4-,5-/m1/s1. The Balaban J connectivity index is 2.36. The number of rotatable bonds is 4. The highest BCUT2D eigenvalue weighted by atomic mass is 19.1. The van der Waals surface area contributed by atoms with Gasteiger partial charge in [-0.1, -0.05) is 0 Å². The maximum Gasteiger partial charge on any atom is 0.374 e. The summed E-state index contributed by atoms with van der Waals surface area (Å²) in [6, 6.07) is 0.